The highest BCUT2D eigenvalue weighted by Gasteiger charge is 2.15. The Labute approximate surface area is 267 Å². The topological polar surface area (TPSA) is 89.9 Å². The first-order chi connectivity index (χ1) is 22.3. The summed E-state index contributed by atoms with van der Waals surface area (Å²) in [7, 11) is 2.48. The maximum Gasteiger partial charge on any atom is 0.513 e. The monoisotopic (exact) mass is 615 g/mol. The Morgan fingerprint density at radius 1 is 0.565 bits per heavy atom. The first-order valence-electron chi connectivity index (χ1n) is 14.4. The smallest absolute Gasteiger partial charge is 0.437 e. The van der Waals surface area contributed by atoms with Crippen molar-refractivity contribution in [2.75, 3.05) is 24.1 Å². The van der Waals surface area contributed by atoms with Crippen molar-refractivity contribution < 1.29 is 28.5 Å². The van der Waals surface area contributed by atoms with Crippen LogP contribution in [0.3, 0.4) is 0 Å². The number of anilines is 5. The molecule has 0 heterocycles. The van der Waals surface area contributed by atoms with Gasteiger partial charge in [0.2, 0.25) is 0 Å². The maximum absolute atomic E-state index is 11.8. The summed E-state index contributed by atoms with van der Waals surface area (Å²) in [5, 5.41) is 6.41. The van der Waals surface area contributed by atoms with E-state index in [1.54, 1.807) is 59.8 Å². The van der Waals surface area contributed by atoms with E-state index in [1.165, 1.54) is 25.3 Å². The van der Waals surface area contributed by atoms with Crippen molar-refractivity contribution in [1.29, 1.82) is 0 Å². The van der Waals surface area contributed by atoms with Crippen LogP contribution in [0, 0.1) is 13.8 Å². The van der Waals surface area contributed by atoms with Crippen molar-refractivity contribution in [3.05, 3.63) is 138 Å². The lowest BCUT2D eigenvalue weighted by Gasteiger charge is -2.26. The first-order valence-corrected chi connectivity index (χ1v) is 14.4. The number of ether oxygens (including phenoxy) is 4. The molecular weight excluding hydrogens is 582 g/mol. The molecule has 0 N–H and O–H groups in total. The molecule has 5 aromatic rings. The van der Waals surface area contributed by atoms with Gasteiger partial charge < -0.3 is 23.8 Å². The van der Waals surface area contributed by atoms with Gasteiger partial charge in [-0.05, 0) is 80.1 Å². The van der Waals surface area contributed by atoms with E-state index >= 15 is 0 Å². The van der Waals surface area contributed by atoms with Crippen LogP contribution in [0.5, 0.6) is 11.5 Å². The fraction of sp³-hybridized carbons (Fsp3) is 0.108. The third-order valence-corrected chi connectivity index (χ3v) is 6.92. The summed E-state index contributed by atoms with van der Waals surface area (Å²) in [6.45, 7) is 4.14. The average Bonchev–Trinajstić information content (AvgIpc) is 3.07. The molecule has 9 heteroatoms. The fourth-order valence-electron chi connectivity index (χ4n) is 4.58. The summed E-state index contributed by atoms with van der Waals surface area (Å²) in [5.74, 6) is 0.534. The van der Waals surface area contributed by atoms with Gasteiger partial charge in [0.05, 0.1) is 31.8 Å². The number of methoxy groups -OCH3 is 2. The van der Waals surface area contributed by atoms with Gasteiger partial charge in [-0.25, -0.2) is 14.6 Å². The lowest BCUT2D eigenvalue weighted by atomic mass is 10.1. The van der Waals surface area contributed by atoms with E-state index in [0.29, 0.717) is 11.4 Å². The molecule has 5 aromatic carbocycles. The Hall–Kier alpha value is -6.09. The van der Waals surface area contributed by atoms with E-state index < -0.39 is 12.3 Å². The van der Waals surface area contributed by atoms with E-state index in [4.69, 9.17) is 14.6 Å². The molecule has 0 saturated heterocycles. The zero-order chi connectivity index (χ0) is 32.5. The molecule has 9 nitrogen and oxygen atoms in total. The minimum absolute atomic E-state index is 0.267. The highest BCUT2D eigenvalue weighted by Crippen LogP contribution is 2.35. The SMILES string of the molecule is COC(=O)Oc1cccc(N(N=Cc2ccc(N(c3ccc(C)cc3)c3ccc(C)cc3)cc2)c2cccc(OC(=O)OC)c2)c1. The molecule has 0 atom stereocenters. The number of carbonyl (C=O) groups is 2. The van der Waals surface area contributed by atoms with E-state index in [0.717, 1.165) is 22.6 Å². The van der Waals surface area contributed by atoms with Gasteiger partial charge >= 0.3 is 12.3 Å². The van der Waals surface area contributed by atoms with Crippen molar-refractivity contribution in [3.63, 3.8) is 0 Å². The van der Waals surface area contributed by atoms with Gasteiger partial charge in [-0.2, -0.15) is 5.10 Å². The molecule has 0 fully saturated rings. The molecule has 0 aliphatic carbocycles. The van der Waals surface area contributed by atoms with Gasteiger partial charge in [0.25, 0.3) is 0 Å². The molecule has 5 rings (SSSR count). The van der Waals surface area contributed by atoms with Crippen molar-refractivity contribution in [2.24, 2.45) is 5.10 Å². The van der Waals surface area contributed by atoms with Gasteiger partial charge in [-0.1, -0.05) is 59.7 Å². The largest absolute Gasteiger partial charge is 0.513 e. The lowest BCUT2D eigenvalue weighted by molar-refractivity contribution is 0.120. The van der Waals surface area contributed by atoms with Crippen LogP contribution in [-0.2, 0) is 9.47 Å². The zero-order valence-electron chi connectivity index (χ0n) is 25.9. The van der Waals surface area contributed by atoms with Crippen LogP contribution in [-0.4, -0.2) is 32.7 Å². The molecular formula is C37H33N3O6. The van der Waals surface area contributed by atoms with E-state index in [-0.39, 0.29) is 11.5 Å². The molecule has 0 spiro atoms. The molecule has 0 bridgehead atoms. The minimum Gasteiger partial charge on any atom is -0.437 e. The second-order valence-corrected chi connectivity index (χ2v) is 10.3. The predicted octanol–water partition coefficient (Wildman–Crippen LogP) is 9.24. The van der Waals surface area contributed by atoms with Crippen LogP contribution in [0.1, 0.15) is 16.7 Å². The number of hydrazone groups is 1. The normalized spacial score (nSPS) is 10.7. The number of benzene rings is 5. The number of hydrogen-bond donors (Lipinski definition) is 0. The van der Waals surface area contributed by atoms with Crippen LogP contribution in [0.4, 0.5) is 38.0 Å². The standard InChI is InChI=1S/C37H33N3O6/c1-26-11-17-29(18-12-26)39(30-19-13-27(2)14-20-30)31-21-15-28(16-22-31)25-38-40(32-7-5-9-34(23-32)45-36(41)43-3)33-8-6-10-35(24-33)46-37(42)44-4/h5-25H,1-4H3. The van der Waals surface area contributed by atoms with Crippen LogP contribution in [0.15, 0.2) is 126 Å². The molecule has 46 heavy (non-hydrogen) atoms. The minimum atomic E-state index is -0.842. The molecule has 0 aliphatic rings. The van der Waals surface area contributed by atoms with Crippen molar-refractivity contribution in [3.8, 4) is 11.5 Å². The highest BCUT2D eigenvalue weighted by molar-refractivity contribution is 5.84. The Kier molecular flexibility index (Phi) is 9.94. The second kappa shape index (κ2) is 14.6. The lowest BCUT2D eigenvalue weighted by Crippen LogP contribution is -2.12. The number of aryl methyl sites for hydroxylation is 2. The average molecular weight is 616 g/mol. The van der Waals surface area contributed by atoms with Gasteiger partial charge in [0, 0.05) is 29.2 Å². The first kappa shape index (κ1) is 31.3. The molecule has 0 amide bonds. The molecule has 0 aliphatic heterocycles. The van der Waals surface area contributed by atoms with Gasteiger partial charge in [-0.15, -0.1) is 0 Å². The quantitative estimate of drug-likeness (QED) is 0.0702. The maximum atomic E-state index is 11.8. The van der Waals surface area contributed by atoms with Crippen LogP contribution in [0.25, 0.3) is 0 Å². The summed E-state index contributed by atoms with van der Waals surface area (Å²) in [4.78, 5) is 25.7. The Morgan fingerprint density at radius 3 is 1.39 bits per heavy atom. The molecule has 0 saturated carbocycles. The molecule has 0 radical (unpaired) electrons. The third kappa shape index (κ3) is 7.89. The van der Waals surface area contributed by atoms with Crippen molar-refractivity contribution in [1.82, 2.24) is 0 Å². The Balaban J connectivity index is 1.48. The van der Waals surface area contributed by atoms with E-state index in [2.05, 4.69) is 76.8 Å². The highest BCUT2D eigenvalue weighted by atomic mass is 16.7. The Morgan fingerprint density at radius 2 is 0.978 bits per heavy atom. The second-order valence-electron chi connectivity index (χ2n) is 10.3. The van der Waals surface area contributed by atoms with Crippen molar-refractivity contribution in [2.45, 2.75) is 13.8 Å². The predicted molar refractivity (Wildman–Crippen MR) is 179 cm³/mol. The molecule has 0 aromatic heterocycles. The van der Waals surface area contributed by atoms with Crippen LogP contribution >= 0.6 is 0 Å². The zero-order valence-corrected chi connectivity index (χ0v) is 25.9. The summed E-state index contributed by atoms with van der Waals surface area (Å²) in [6.07, 6.45) is 0.0326. The van der Waals surface area contributed by atoms with E-state index in [9.17, 15) is 9.59 Å². The number of nitrogens with zero attached hydrogens (tertiary/aromatic N) is 3. The summed E-state index contributed by atoms with van der Waals surface area (Å²) in [6, 6.07) is 38.5. The van der Waals surface area contributed by atoms with Gasteiger partial charge in [0.1, 0.15) is 11.5 Å². The fourth-order valence-corrected chi connectivity index (χ4v) is 4.58. The van der Waals surface area contributed by atoms with Crippen LogP contribution < -0.4 is 19.4 Å². The summed E-state index contributed by atoms with van der Waals surface area (Å²) >= 11 is 0. The van der Waals surface area contributed by atoms with Gasteiger partial charge in [0.15, 0.2) is 0 Å². The molecule has 0 unspecified atom stereocenters. The number of hydrogen-bond acceptors (Lipinski definition) is 9. The molecule has 232 valence electrons. The summed E-state index contributed by atoms with van der Waals surface area (Å²) < 4.78 is 19.7. The van der Waals surface area contributed by atoms with Crippen LogP contribution in [0.2, 0.25) is 0 Å². The summed E-state index contributed by atoms with van der Waals surface area (Å²) in [5.41, 5.74) is 7.45. The third-order valence-electron chi connectivity index (χ3n) is 6.92. The van der Waals surface area contributed by atoms with Gasteiger partial charge in [-0.3, -0.25) is 0 Å². The van der Waals surface area contributed by atoms with Crippen molar-refractivity contribution >= 4 is 47.0 Å². The van der Waals surface area contributed by atoms with E-state index in [1.807, 2.05) is 24.3 Å². The number of rotatable bonds is 9. The number of carbonyl (C=O) groups excluding carboxylic acids is 2. The Bertz CT molecular complexity index is 1710.